The zero-order valence-corrected chi connectivity index (χ0v) is 10.5. The highest BCUT2D eigenvalue weighted by Crippen LogP contribution is 2.14. The Balaban J connectivity index is 0.00000289. The predicted octanol–water partition coefficient (Wildman–Crippen LogP) is 1.86. The number of benzene rings is 1. The van der Waals surface area contributed by atoms with Gasteiger partial charge in [-0.1, -0.05) is 0 Å². The fraction of sp³-hybridized carbons (Fsp3) is 0.364. The molecule has 0 fully saturated rings. The Labute approximate surface area is 109 Å². The van der Waals surface area contributed by atoms with Crippen molar-refractivity contribution in [2.45, 2.75) is 6.42 Å². The van der Waals surface area contributed by atoms with E-state index in [0.29, 0.717) is 25.1 Å². The van der Waals surface area contributed by atoms with E-state index in [1.807, 2.05) is 0 Å². The molecule has 0 unspecified atom stereocenters. The summed E-state index contributed by atoms with van der Waals surface area (Å²) >= 11 is 0. The fourth-order valence-corrected chi connectivity index (χ4v) is 1.31. The zero-order valence-electron chi connectivity index (χ0n) is 9.73. The molecule has 0 saturated heterocycles. The van der Waals surface area contributed by atoms with Crippen molar-refractivity contribution < 1.29 is 18.0 Å². The van der Waals surface area contributed by atoms with Crippen molar-refractivity contribution in [3.8, 4) is 0 Å². The number of amides is 1. The molecular weight excluding hydrogens is 269 g/mol. The fourth-order valence-electron chi connectivity index (χ4n) is 1.31. The summed E-state index contributed by atoms with van der Waals surface area (Å²) < 4.78 is 39.0. The molecule has 1 aromatic carbocycles. The van der Waals surface area contributed by atoms with Crippen LogP contribution >= 0.6 is 12.4 Å². The van der Waals surface area contributed by atoms with Crippen LogP contribution in [-0.4, -0.2) is 26.0 Å². The lowest BCUT2D eigenvalue weighted by Gasteiger charge is -2.07. The number of hydrogen-bond donors (Lipinski definition) is 2. The number of halogens is 4. The maximum atomic E-state index is 13.2. The largest absolute Gasteiger partial charge is 0.352 e. The first kappa shape index (κ1) is 16.7. The molecule has 0 aliphatic carbocycles. The second-order valence-corrected chi connectivity index (χ2v) is 3.46. The van der Waals surface area contributed by atoms with Gasteiger partial charge in [0.15, 0.2) is 0 Å². The van der Waals surface area contributed by atoms with Gasteiger partial charge in [-0.05, 0) is 20.0 Å². The molecule has 1 rings (SSSR count). The number of hydrogen-bond acceptors (Lipinski definition) is 2. The summed E-state index contributed by atoms with van der Waals surface area (Å²) in [4.78, 5) is 11.4. The van der Waals surface area contributed by atoms with Gasteiger partial charge >= 0.3 is 0 Å². The quantitative estimate of drug-likeness (QED) is 0.810. The first-order valence-corrected chi connectivity index (χ1v) is 5.13. The molecule has 0 spiro atoms. The molecule has 0 atom stereocenters. The predicted molar refractivity (Wildman–Crippen MR) is 64.4 cm³/mol. The summed E-state index contributed by atoms with van der Waals surface area (Å²) in [6, 6.07) is 0.956. The van der Waals surface area contributed by atoms with E-state index in [2.05, 4.69) is 10.6 Å². The molecule has 0 aromatic heterocycles. The highest BCUT2D eigenvalue weighted by molar-refractivity contribution is 5.94. The molecule has 0 saturated carbocycles. The highest BCUT2D eigenvalue weighted by atomic mass is 35.5. The van der Waals surface area contributed by atoms with Gasteiger partial charge in [-0.25, -0.2) is 13.2 Å². The number of carbonyl (C=O) groups is 1. The Bertz CT molecular complexity index is 392. The summed E-state index contributed by atoms with van der Waals surface area (Å²) in [5.74, 6) is -4.33. The van der Waals surface area contributed by atoms with Gasteiger partial charge in [0.05, 0.1) is 0 Å². The first-order chi connectivity index (χ1) is 8.06. The molecule has 0 bridgehead atoms. The summed E-state index contributed by atoms with van der Waals surface area (Å²) in [6.07, 6.45) is 0.632. The second-order valence-electron chi connectivity index (χ2n) is 3.46. The van der Waals surface area contributed by atoms with Crippen molar-refractivity contribution in [2.24, 2.45) is 0 Å². The summed E-state index contributed by atoms with van der Waals surface area (Å²) in [6.45, 7) is 0.963. The molecule has 0 aliphatic heterocycles. The van der Waals surface area contributed by atoms with E-state index in [4.69, 9.17) is 0 Å². The number of rotatable bonds is 5. The van der Waals surface area contributed by atoms with Gasteiger partial charge < -0.3 is 10.6 Å². The van der Waals surface area contributed by atoms with Crippen LogP contribution in [0, 0.1) is 17.5 Å². The topological polar surface area (TPSA) is 41.1 Å². The molecule has 102 valence electrons. The lowest BCUT2D eigenvalue weighted by Crippen LogP contribution is -2.28. The van der Waals surface area contributed by atoms with Crippen molar-refractivity contribution in [3.05, 3.63) is 35.1 Å². The molecular formula is C11H14ClF3N2O. The third kappa shape index (κ3) is 4.54. The average molecular weight is 283 g/mol. The lowest BCUT2D eigenvalue weighted by atomic mass is 10.1. The normalized spacial score (nSPS) is 9.78. The smallest absolute Gasteiger partial charge is 0.257 e. The third-order valence-corrected chi connectivity index (χ3v) is 2.12. The van der Waals surface area contributed by atoms with Crippen LogP contribution in [0.2, 0.25) is 0 Å². The van der Waals surface area contributed by atoms with Gasteiger partial charge in [0.2, 0.25) is 0 Å². The summed E-state index contributed by atoms with van der Waals surface area (Å²) in [7, 11) is 1.75. The molecule has 7 heteroatoms. The number of carbonyl (C=O) groups excluding carboxylic acids is 1. The van der Waals surface area contributed by atoms with Gasteiger partial charge in [0.1, 0.15) is 23.0 Å². The van der Waals surface area contributed by atoms with Crippen LogP contribution < -0.4 is 10.6 Å². The van der Waals surface area contributed by atoms with Crippen LogP contribution in [0.15, 0.2) is 12.1 Å². The van der Waals surface area contributed by atoms with E-state index in [0.717, 1.165) is 0 Å². The van der Waals surface area contributed by atoms with Crippen molar-refractivity contribution in [1.29, 1.82) is 0 Å². The van der Waals surface area contributed by atoms with Gasteiger partial charge in [-0.2, -0.15) is 0 Å². The average Bonchev–Trinajstić information content (AvgIpc) is 2.23. The Morgan fingerprint density at radius 3 is 2.22 bits per heavy atom. The Kier molecular flexibility index (Phi) is 7.38. The number of nitrogens with one attached hydrogen (secondary N) is 2. The maximum absolute atomic E-state index is 13.2. The van der Waals surface area contributed by atoms with Crippen molar-refractivity contribution in [1.82, 2.24) is 10.6 Å². The second kappa shape index (κ2) is 7.94. The van der Waals surface area contributed by atoms with E-state index in [1.54, 1.807) is 7.05 Å². The van der Waals surface area contributed by atoms with Crippen LogP contribution in [0.5, 0.6) is 0 Å². The van der Waals surface area contributed by atoms with Crippen LogP contribution in [0.3, 0.4) is 0 Å². The Morgan fingerprint density at radius 1 is 1.17 bits per heavy atom. The van der Waals surface area contributed by atoms with Crippen LogP contribution in [0.4, 0.5) is 13.2 Å². The minimum atomic E-state index is -1.20. The molecule has 0 aliphatic rings. The van der Waals surface area contributed by atoms with E-state index >= 15 is 0 Å². The van der Waals surface area contributed by atoms with Crippen molar-refractivity contribution in [3.63, 3.8) is 0 Å². The van der Waals surface area contributed by atoms with Crippen molar-refractivity contribution >= 4 is 18.3 Å². The van der Waals surface area contributed by atoms with E-state index in [-0.39, 0.29) is 19.0 Å². The van der Waals surface area contributed by atoms with E-state index in [1.165, 1.54) is 0 Å². The molecule has 3 nitrogen and oxygen atoms in total. The van der Waals surface area contributed by atoms with Crippen LogP contribution in [0.1, 0.15) is 16.8 Å². The van der Waals surface area contributed by atoms with E-state index in [9.17, 15) is 18.0 Å². The standard InChI is InChI=1S/C11H13F3N2O.ClH/c1-15-3-2-4-16-11(17)10-8(13)5-7(12)6-9(10)14;/h5-6,15H,2-4H2,1H3,(H,16,17);1H. The minimum absolute atomic E-state index is 0. The Hall–Kier alpha value is -1.27. The zero-order chi connectivity index (χ0) is 12.8. The maximum Gasteiger partial charge on any atom is 0.257 e. The highest BCUT2D eigenvalue weighted by Gasteiger charge is 2.18. The minimum Gasteiger partial charge on any atom is -0.352 e. The van der Waals surface area contributed by atoms with Crippen LogP contribution in [0.25, 0.3) is 0 Å². The van der Waals surface area contributed by atoms with Crippen molar-refractivity contribution in [2.75, 3.05) is 20.1 Å². The van der Waals surface area contributed by atoms with Gasteiger partial charge in [-0.15, -0.1) is 12.4 Å². The molecule has 1 aromatic rings. The molecule has 2 N–H and O–H groups in total. The van der Waals surface area contributed by atoms with Gasteiger partial charge in [-0.3, -0.25) is 4.79 Å². The summed E-state index contributed by atoms with van der Waals surface area (Å²) in [5, 5.41) is 5.22. The molecule has 1 amide bonds. The molecule has 18 heavy (non-hydrogen) atoms. The SMILES string of the molecule is CNCCCNC(=O)c1c(F)cc(F)cc1F.Cl. The summed E-state index contributed by atoms with van der Waals surface area (Å²) in [5.41, 5.74) is -0.754. The van der Waals surface area contributed by atoms with Crippen LogP contribution in [-0.2, 0) is 0 Å². The molecule has 0 radical (unpaired) electrons. The third-order valence-electron chi connectivity index (χ3n) is 2.12. The monoisotopic (exact) mass is 282 g/mol. The first-order valence-electron chi connectivity index (χ1n) is 5.13. The van der Waals surface area contributed by atoms with Gasteiger partial charge in [0.25, 0.3) is 5.91 Å². The Morgan fingerprint density at radius 2 is 1.72 bits per heavy atom. The molecule has 0 heterocycles. The van der Waals surface area contributed by atoms with E-state index < -0.39 is 28.9 Å². The lowest BCUT2D eigenvalue weighted by molar-refractivity contribution is 0.0944. The van der Waals surface area contributed by atoms with Gasteiger partial charge in [0, 0.05) is 18.7 Å².